The van der Waals surface area contributed by atoms with Crippen molar-refractivity contribution in [3.8, 4) is 11.8 Å². The van der Waals surface area contributed by atoms with E-state index in [0.717, 1.165) is 35.8 Å². The second kappa shape index (κ2) is 14.8. The monoisotopic (exact) mass is 440 g/mol. The molecule has 0 spiro atoms. The molecule has 0 bridgehead atoms. The fraction of sp³-hybridized carbons (Fsp3) is 0.515. The Hall–Kier alpha value is -2.26. The van der Waals surface area contributed by atoms with Gasteiger partial charge < -0.3 is 0 Å². The molecule has 0 unspecified atom stereocenters. The average Bonchev–Trinajstić information content (AvgIpc) is 2.86. The van der Waals surface area contributed by atoms with E-state index in [9.17, 15) is 0 Å². The fourth-order valence-electron chi connectivity index (χ4n) is 5.05. The second-order valence-corrected chi connectivity index (χ2v) is 10.0. The van der Waals surface area contributed by atoms with Crippen LogP contribution in [0.1, 0.15) is 107 Å². The normalized spacial score (nSPS) is 18.2. The van der Waals surface area contributed by atoms with Crippen molar-refractivity contribution in [3.05, 3.63) is 82.9 Å². The van der Waals surface area contributed by atoms with Gasteiger partial charge in [-0.25, -0.2) is 0 Å². The topological polar surface area (TPSA) is 0 Å². The van der Waals surface area contributed by atoms with Crippen LogP contribution in [0, 0.1) is 23.7 Å². The van der Waals surface area contributed by atoms with Gasteiger partial charge in [-0.05, 0) is 79.3 Å². The summed E-state index contributed by atoms with van der Waals surface area (Å²) in [6.45, 7) is 4.57. The van der Waals surface area contributed by atoms with E-state index in [1.807, 2.05) is 0 Å². The predicted molar refractivity (Wildman–Crippen MR) is 145 cm³/mol. The summed E-state index contributed by atoms with van der Waals surface area (Å²) in [6.07, 6.45) is 21.9. The molecule has 1 saturated carbocycles. The summed E-state index contributed by atoms with van der Waals surface area (Å²) in [5.41, 5.74) is 5.06. The summed E-state index contributed by atoms with van der Waals surface area (Å²) in [7, 11) is 0. The fourth-order valence-corrected chi connectivity index (χ4v) is 5.05. The Morgan fingerprint density at radius 1 is 0.636 bits per heavy atom. The van der Waals surface area contributed by atoms with Crippen molar-refractivity contribution in [2.24, 2.45) is 11.8 Å². The van der Waals surface area contributed by atoms with Crippen molar-refractivity contribution >= 4 is 0 Å². The molecular formula is C33H44. The molecule has 3 rings (SSSR count). The summed E-state index contributed by atoms with van der Waals surface area (Å²) < 4.78 is 0. The van der Waals surface area contributed by atoms with Gasteiger partial charge in [-0.1, -0.05) is 113 Å². The maximum atomic E-state index is 3.34. The summed E-state index contributed by atoms with van der Waals surface area (Å²) in [5, 5.41) is 0. The zero-order valence-electron chi connectivity index (χ0n) is 21.1. The van der Waals surface area contributed by atoms with E-state index in [0.29, 0.717) is 0 Å². The highest BCUT2D eigenvalue weighted by atomic mass is 14.3. The van der Waals surface area contributed by atoms with Crippen molar-refractivity contribution in [2.45, 2.75) is 97.3 Å². The number of hydrogen-bond acceptors (Lipinski definition) is 0. The standard InChI is InChI=1S/C33H44/c1-3-5-6-7-8-9-11-29-14-18-31(19-15-29)21-23-33-26-24-32(25-27-33)22-20-30-16-12-28(10-4-2)13-17-30/h7-8,14-15,18-19,24-28,30H,3-6,9-13,16-17,20,22H2,1-2H3/b8-7+. The highest BCUT2D eigenvalue weighted by Gasteiger charge is 2.20. The minimum atomic E-state index is 0.942. The molecule has 2 aromatic rings. The van der Waals surface area contributed by atoms with Crippen LogP contribution in [0.3, 0.4) is 0 Å². The maximum absolute atomic E-state index is 3.34. The lowest BCUT2D eigenvalue weighted by Gasteiger charge is -2.28. The van der Waals surface area contributed by atoms with E-state index in [-0.39, 0.29) is 0 Å². The molecular weight excluding hydrogens is 396 g/mol. The number of rotatable bonds is 11. The Morgan fingerprint density at radius 2 is 1.15 bits per heavy atom. The Kier molecular flexibility index (Phi) is 11.4. The first-order chi connectivity index (χ1) is 16.3. The smallest absolute Gasteiger partial charge is 0.0249 e. The van der Waals surface area contributed by atoms with Crippen LogP contribution in [0.2, 0.25) is 0 Å². The molecule has 33 heavy (non-hydrogen) atoms. The second-order valence-electron chi connectivity index (χ2n) is 10.0. The van der Waals surface area contributed by atoms with Crippen molar-refractivity contribution in [2.75, 3.05) is 0 Å². The average molecular weight is 441 g/mol. The van der Waals surface area contributed by atoms with Crippen LogP contribution in [0.25, 0.3) is 0 Å². The first-order valence-electron chi connectivity index (χ1n) is 13.6. The van der Waals surface area contributed by atoms with Gasteiger partial charge in [0.05, 0.1) is 0 Å². The van der Waals surface area contributed by atoms with Gasteiger partial charge in [-0.2, -0.15) is 0 Å². The van der Waals surface area contributed by atoms with Crippen LogP contribution in [0.4, 0.5) is 0 Å². The highest BCUT2D eigenvalue weighted by molar-refractivity contribution is 5.44. The molecule has 0 amide bonds. The molecule has 176 valence electrons. The lowest BCUT2D eigenvalue weighted by Crippen LogP contribution is -2.15. The molecule has 0 aliphatic heterocycles. The van der Waals surface area contributed by atoms with Crippen LogP contribution in [0.15, 0.2) is 60.7 Å². The van der Waals surface area contributed by atoms with E-state index in [1.165, 1.54) is 81.8 Å². The molecule has 1 fully saturated rings. The van der Waals surface area contributed by atoms with Crippen LogP contribution in [0.5, 0.6) is 0 Å². The number of unbranched alkanes of at least 4 members (excludes halogenated alkanes) is 2. The lowest BCUT2D eigenvalue weighted by atomic mass is 9.78. The molecule has 1 aliphatic rings. The molecule has 0 saturated heterocycles. The Balaban J connectivity index is 1.40. The van der Waals surface area contributed by atoms with E-state index in [1.54, 1.807) is 0 Å². The molecule has 0 N–H and O–H groups in total. The molecule has 0 atom stereocenters. The van der Waals surface area contributed by atoms with Crippen LogP contribution >= 0.6 is 0 Å². The summed E-state index contributed by atoms with van der Waals surface area (Å²) in [6, 6.07) is 17.7. The molecule has 0 heteroatoms. The Morgan fingerprint density at radius 3 is 1.70 bits per heavy atom. The molecule has 1 aliphatic carbocycles. The minimum absolute atomic E-state index is 0.942. The molecule has 0 radical (unpaired) electrons. The predicted octanol–water partition coefficient (Wildman–Crippen LogP) is 9.30. The van der Waals surface area contributed by atoms with Gasteiger partial charge in [0.25, 0.3) is 0 Å². The van der Waals surface area contributed by atoms with Gasteiger partial charge in [0.2, 0.25) is 0 Å². The highest BCUT2D eigenvalue weighted by Crippen LogP contribution is 2.33. The number of allylic oxidation sites excluding steroid dienone is 2. The van der Waals surface area contributed by atoms with Crippen molar-refractivity contribution < 1.29 is 0 Å². The van der Waals surface area contributed by atoms with Crippen molar-refractivity contribution in [1.29, 1.82) is 0 Å². The first-order valence-corrected chi connectivity index (χ1v) is 13.6. The van der Waals surface area contributed by atoms with Gasteiger partial charge >= 0.3 is 0 Å². The third-order valence-corrected chi connectivity index (χ3v) is 7.25. The van der Waals surface area contributed by atoms with Crippen molar-refractivity contribution in [1.82, 2.24) is 0 Å². The van der Waals surface area contributed by atoms with E-state index in [2.05, 4.69) is 86.4 Å². The Labute approximate surface area is 203 Å². The molecule has 0 nitrogen and oxygen atoms in total. The van der Waals surface area contributed by atoms with Gasteiger partial charge in [0.15, 0.2) is 0 Å². The van der Waals surface area contributed by atoms with Gasteiger partial charge in [0.1, 0.15) is 0 Å². The van der Waals surface area contributed by atoms with Gasteiger partial charge in [-0.15, -0.1) is 0 Å². The molecule has 0 heterocycles. The summed E-state index contributed by atoms with van der Waals surface area (Å²) >= 11 is 0. The zero-order valence-corrected chi connectivity index (χ0v) is 21.1. The number of benzene rings is 2. The first kappa shape index (κ1) is 25.4. The van der Waals surface area contributed by atoms with E-state index >= 15 is 0 Å². The summed E-state index contributed by atoms with van der Waals surface area (Å²) in [5.74, 6) is 8.63. The maximum Gasteiger partial charge on any atom is 0.0249 e. The van der Waals surface area contributed by atoms with Crippen LogP contribution < -0.4 is 0 Å². The number of hydrogen-bond donors (Lipinski definition) is 0. The number of aryl methyl sites for hydroxylation is 2. The SMILES string of the molecule is CCCC/C=C/CCc1ccc(C#Cc2ccc(CCC3CCC(CCC)CC3)cc2)cc1. The van der Waals surface area contributed by atoms with E-state index < -0.39 is 0 Å². The van der Waals surface area contributed by atoms with Crippen LogP contribution in [-0.4, -0.2) is 0 Å². The largest absolute Gasteiger partial charge is 0.0885 e. The third kappa shape index (κ3) is 9.63. The third-order valence-electron chi connectivity index (χ3n) is 7.25. The van der Waals surface area contributed by atoms with Gasteiger partial charge in [-0.3, -0.25) is 0 Å². The zero-order chi connectivity index (χ0) is 23.1. The Bertz CT molecular complexity index is 864. The van der Waals surface area contributed by atoms with Crippen molar-refractivity contribution in [3.63, 3.8) is 0 Å². The quantitative estimate of drug-likeness (QED) is 0.185. The van der Waals surface area contributed by atoms with E-state index in [4.69, 9.17) is 0 Å². The minimum Gasteiger partial charge on any atom is -0.0885 e. The molecule has 0 aromatic heterocycles. The van der Waals surface area contributed by atoms with Crippen LogP contribution in [-0.2, 0) is 12.8 Å². The summed E-state index contributed by atoms with van der Waals surface area (Å²) in [4.78, 5) is 0. The molecule has 2 aromatic carbocycles. The van der Waals surface area contributed by atoms with Gasteiger partial charge in [0, 0.05) is 11.1 Å². The lowest BCUT2D eigenvalue weighted by molar-refractivity contribution is 0.252.